The van der Waals surface area contributed by atoms with Gasteiger partial charge in [-0.2, -0.15) is 0 Å². The minimum Gasteiger partial charge on any atom is -0.457 e. The Morgan fingerprint density at radius 1 is 1.11 bits per heavy atom. The van der Waals surface area contributed by atoms with Crippen molar-refractivity contribution in [2.24, 2.45) is 0 Å². The van der Waals surface area contributed by atoms with Crippen LogP contribution in [0.2, 0.25) is 0 Å². The van der Waals surface area contributed by atoms with Gasteiger partial charge in [-0.3, -0.25) is 14.9 Å². The molecule has 2 aliphatic rings. The van der Waals surface area contributed by atoms with Gasteiger partial charge < -0.3 is 28.6 Å². The van der Waals surface area contributed by atoms with Crippen molar-refractivity contribution >= 4 is 34.7 Å². The first-order chi connectivity index (χ1) is 21.9. The fourth-order valence-electron chi connectivity index (χ4n) is 5.95. The van der Waals surface area contributed by atoms with E-state index >= 15 is 0 Å². The Hall–Kier alpha value is -5.08. The predicted octanol–water partition coefficient (Wildman–Crippen LogP) is 4.69. The van der Waals surface area contributed by atoms with Gasteiger partial charge in [0.1, 0.15) is 18.0 Å². The van der Waals surface area contributed by atoms with E-state index in [1.54, 1.807) is 40.7 Å². The van der Waals surface area contributed by atoms with Crippen LogP contribution in [0, 0.1) is 29.8 Å². The van der Waals surface area contributed by atoms with Crippen molar-refractivity contribution in [3.8, 4) is 11.4 Å². The van der Waals surface area contributed by atoms with Crippen molar-refractivity contribution in [1.29, 1.82) is 0 Å². The predicted molar refractivity (Wildman–Crippen MR) is 166 cm³/mol. The monoisotopic (exact) mass is 653 g/mol. The van der Waals surface area contributed by atoms with E-state index in [1.807, 2.05) is 0 Å². The SMILES string of the molecule is CC[C@@]1(OC(=O)N(C)CCN(C)C(=O)OC(C)(C)C)C(=O)OCc2c1cc1n(c2=O)Cc2c-1nc1cc(F)c(C)c([N+](=O)[O-])c1c2C. The molecule has 0 spiro atoms. The molecule has 2 aromatic heterocycles. The second-order valence-electron chi connectivity index (χ2n) is 12.8. The number of cyclic esters (lactones) is 1. The van der Waals surface area contributed by atoms with Crippen LogP contribution >= 0.6 is 0 Å². The maximum absolute atomic E-state index is 14.8. The molecular weight excluding hydrogens is 617 g/mol. The number of nitro groups is 1. The number of nitro benzene ring substituents is 1. The van der Waals surface area contributed by atoms with Gasteiger partial charge in [0.05, 0.1) is 44.9 Å². The quantitative estimate of drug-likeness (QED) is 0.123. The number of hydrogen-bond donors (Lipinski definition) is 0. The number of halogens is 1. The number of fused-ring (bicyclic) bond motifs is 5. The van der Waals surface area contributed by atoms with E-state index in [1.165, 1.54) is 35.4 Å². The molecule has 15 heteroatoms. The standard InChI is InChI=1S/C32H36FN5O9/c1-9-32(47-30(42)36(8)11-10-35(7)29(41)46-31(4,5)6)20-12-23-25-18(14-37(23)27(39)19(20)15-45-28(32)40)16(2)24-22(34-25)13-21(33)17(3)26(24)38(43)44/h12-13H,9-11,14-15H2,1-8H3/t32-/m0/s1. The second-order valence-corrected chi connectivity index (χ2v) is 12.8. The van der Waals surface area contributed by atoms with Gasteiger partial charge in [0.25, 0.3) is 11.2 Å². The molecule has 2 aliphatic heterocycles. The smallest absolute Gasteiger partial charge is 0.411 e. The van der Waals surface area contributed by atoms with Crippen LogP contribution in [-0.2, 0) is 37.8 Å². The zero-order chi connectivity index (χ0) is 34.7. The lowest BCUT2D eigenvalue weighted by Crippen LogP contribution is -2.49. The molecule has 3 aromatic rings. The number of aryl methyl sites for hydroxylation is 1. The average molecular weight is 654 g/mol. The average Bonchev–Trinajstić information content (AvgIpc) is 3.36. The zero-order valence-corrected chi connectivity index (χ0v) is 27.5. The summed E-state index contributed by atoms with van der Waals surface area (Å²) in [6.45, 7) is 9.61. The Kier molecular flexibility index (Phi) is 8.23. The summed E-state index contributed by atoms with van der Waals surface area (Å²) in [5, 5.41) is 12.1. The lowest BCUT2D eigenvalue weighted by molar-refractivity contribution is -0.383. The number of ether oxygens (including phenoxy) is 3. The molecule has 0 unspecified atom stereocenters. The molecule has 0 N–H and O–H groups in total. The molecular formula is C32H36FN5O9. The molecule has 4 heterocycles. The number of amides is 2. The van der Waals surface area contributed by atoms with Crippen LogP contribution in [0.4, 0.5) is 19.7 Å². The minimum absolute atomic E-state index is 0.0277. The fourth-order valence-corrected chi connectivity index (χ4v) is 5.95. The van der Waals surface area contributed by atoms with E-state index in [0.29, 0.717) is 16.8 Å². The molecule has 0 aliphatic carbocycles. The first kappa shape index (κ1) is 33.3. The summed E-state index contributed by atoms with van der Waals surface area (Å²) in [5.74, 6) is -1.66. The van der Waals surface area contributed by atoms with E-state index in [-0.39, 0.29) is 65.9 Å². The molecule has 0 fully saturated rings. The van der Waals surface area contributed by atoms with Crippen LogP contribution in [0.15, 0.2) is 16.9 Å². The Balaban J connectivity index is 1.54. The van der Waals surface area contributed by atoms with Crippen molar-refractivity contribution < 1.29 is 37.9 Å². The highest BCUT2D eigenvalue weighted by atomic mass is 19.1. The zero-order valence-electron chi connectivity index (χ0n) is 27.5. The number of hydrogen-bond acceptors (Lipinski definition) is 10. The topological polar surface area (TPSA) is 163 Å². The van der Waals surface area contributed by atoms with E-state index in [4.69, 9.17) is 14.2 Å². The summed E-state index contributed by atoms with van der Waals surface area (Å²) in [7, 11) is 2.96. The van der Waals surface area contributed by atoms with Gasteiger partial charge in [-0.1, -0.05) is 6.92 Å². The number of aromatic nitrogens is 2. The Morgan fingerprint density at radius 3 is 2.34 bits per heavy atom. The van der Waals surface area contributed by atoms with Gasteiger partial charge in [0.15, 0.2) is 0 Å². The number of pyridine rings is 2. The van der Waals surface area contributed by atoms with E-state index in [9.17, 15) is 33.7 Å². The Morgan fingerprint density at radius 2 is 1.74 bits per heavy atom. The van der Waals surface area contributed by atoms with Gasteiger partial charge in [-0.15, -0.1) is 0 Å². The summed E-state index contributed by atoms with van der Waals surface area (Å²) >= 11 is 0. The van der Waals surface area contributed by atoms with Crippen LogP contribution in [0.25, 0.3) is 22.3 Å². The molecule has 1 aromatic carbocycles. The van der Waals surface area contributed by atoms with Crippen LogP contribution < -0.4 is 5.56 Å². The number of benzene rings is 1. The molecule has 2 amide bonds. The first-order valence-corrected chi connectivity index (χ1v) is 15.0. The van der Waals surface area contributed by atoms with Gasteiger partial charge >= 0.3 is 18.2 Å². The van der Waals surface area contributed by atoms with Crippen molar-refractivity contribution in [2.75, 3.05) is 27.2 Å². The molecule has 1 atom stereocenters. The number of carbonyl (C=O) groups is 3. The maximum Gasteiger partial charge on any atom is 0.411 e. The number of carbonyl (C=O) groups excluding carboxylic acids is 3. The van der Waals surface area contributed by atoms with Crippen LogP contribution in [0.5, 0.6) is 0 Å². The summed E-state index contributed by atoms with van der Waals surface area (Å²) in [6, 6.07) is 2.67. The van der Waals surface area contributed by atoms with Crippen molar-refractivity contribution in [3.05, 3.63) is 66.2 Å². The molecule has 0 saturated carbocycles. The number of nitrogens with zero attached hydrogens (tertiary/aromatic N) is 5. The largest absolute Gasteiger partial charge is 0.457 e. The second kappa shape index (κ2) is 11.6. The van der Waals surface area contributed by atoms with Gasteiger partial charge in [-0.25, -0.2) is 23.8 Å². The molecule has 0 saturated heterocycles. The molecule has 250 valence electrons. The van der Waals surface area contributed by atoms with Crippen molar-refractivity contribution in [2.45, 2.75) is 72.3 Å². The van der Waals surface area contributed by atoms with Gasteiger partial charge in [0, 0.05) is 44.4 Å². The maximum atomic E-state index is 14.8. The Bertz CT molecular complexity index is 1930. The lowest BCUT2D eigenvalue weighted by Gasteiger charge is -2.36. The third-order valence-electron chi connectivity index (χ3n) is 8.62. The normalized spacial score (nSPS) is 16.6. The highest BCUT2D eigenvalue weighted by Crippen LogP contribution is 2.43. The van der Waals surface area contributed by atoms with Gasteiger partial charge in [0.2, 0.25) is 5.60 Å². The summed E-state index contributed by atoms with van der Waals surface area (Å²) in [6.07, 6.45) is -1.55. The van der Waals surface area contributed by atoms with Crippen molar-refractivity contribution in [3.63, 3.8) is 0 Å². The summed E-state index contributed by atoms with van der Waals surface area (Å²) in [5.41, 5.74) is -1.84. The van der Waals surface area contributed by atoms with Gasteiger partial charge in [-0.05, 0) is 52.7 Å². The highest BCUT2D eigenvalue weighted by molar-refractivity contribution is 5.96. The summed E-state index contributed by atoms with van der Waals surface area (Å²) < 4.78 is 32.8. The fraction of sp³-hybridized carbons (Fsp3) is 0.469. The summed E-state index contributed by atoms with van der Waals surface area (Å²) in [4.78, 5) is 71.4. The molecule has 5 rings (SSSR count). The van der Waals surface area contributed by atoms with Crippen LogP contribution in [-0.4, -0.2) is 75.2 Å². The molecule has 0 radical (unpaired) electrons. The number of likely N-dealkylation sites (N-methyl/N-ethyl adjacent to an activating group) is 2. The third kappa shape index (κ3) is 5.52. The molecule has 0 bridgehead atoms. The molecule has 47 heavy (non-hydrogen) atoms. The minimum atomic E-state index is -1.98. The lowest BCUT2D eigenvalue weighted by atomic mass is 9.85. The van der Waals surface area contributed by atoms with Crippen LogP contribution in [0.3, 0.4) is 0 Å². The van der Waals surface area contributed by atoms with E-state index in [2.05, 4.69) is 4.98 Å². The highest BCUT2D eigenvalue weighted by Gasteiger charge is 2.51. The third-order valence-corrected chi connectivity index (χ3v) is 8.62. The van der Waals surface area contributed by atoms with E-state index in [0.717, 1.165) is 6.07 Å². The van der Waals surface area contributed by atoms with E-state index < -0.39 is 51.3 Å². The Labute approximate surface area is 269 Å². The van der Waals surface area contributed by atoms with Crippen molar-refractivity contribution in [1.82, 2.24) is 19.4 Å². The van der Waals surface area contributed by atoms with Crippen LogP contribution in [0.1, 0.15) is 61.9 Å². The number of esters is 1. The first-order valence-electron chi connectivity index (χ1n) is 15.0. The number of rotatable bonds is 6. The molecule has 14 nitrogen and oxygen atoms in total.